The van der Waals surface area contributed by atoms with Gasteiger partial charge in [0, 0.05) is 6.92 Å². The van der Waals surface area contributed by atoms with E-state index in [1.807, 2.05) is 0 Å². The third kappa shape index (κ3) is 26.1. The molecule has 0 fully saturated rings. The largest absolute Gasteiger partial charge is 0.466 e. The van der Waals surface area contributed by atoms with Crippen molar-refractivity contribution in [3.05, 3.63) is 0 Å². The van der Waals surface area contributed by atoms with Gasteiger partial charge in [0.25, 0.3) is 0 Å². The van der Waals surface area contributed by atoms with Crippen molar-refractivity contribution in [2.75, 3.05) is 6.61 Å². The van der Waals surface area contributed by atoms with Gasteiger partial charge in [0.05, 0.1) is 6.61 Å². The Labute approximate surface area is 127 Å². The molecule has 0 N–H and O–H groups in total. The molecule has 0 saturated carbocycles. The van der Waals surface area contributed by atoms with Crippen LogP contribution in [0.15, 0.2) is 0 Å². The van der Waals surface area contributed by atoms with E-state index >= 15 is 0 Å². The average molecular weight is 286 g/mol. The zero-order chi connectivity index (χ0) is 15.6. The van der Waals surface area contributed by atoms with Crippen molar-refractivity contribution >= 4 is 5.97 Å². The van der Waals surface area contributed by atoms with Crippen LogP contribution in [0.5, 0.6) is 0 Å². The number of ether oxygens (including phenoxy) is 1. The molecule has 0 spiro atoms. The summed E-state index contributed by atoms with van der Waals surface area (Å²) in [5.74, 6) is 0.721. The van der Waals surface area contributed by atoms with Gasteiger partial charge in [-0.15, -0.1) is 0 Å². The van der Waals surface area contributed by atoms with Crippen molar-refractivity contribution in [2.24, 2.45) is 5.92 Å². The minimum Gasteiger partial charge on any atom is -0.466 e. The molecule has 0 aliphatic carbocycles. The fourth-order valence-electron chi connectivity index (χ4n) is 1.87. The average Bonchev–Trinajstić information content (AvgIpc) is 2.38. The Morgan fingerprint density at radius 1 is 0.850 bits per heavy atom. The summed E-state index contributed by atoms with van der Waals surface area (Å²) < 4.78 is 4.64. The molecule has 2 heteroatoms. The van der Waals surface area contributed by atoms with Crippen molar-refractivity contribution in [1.29, 1.82) is 0 Å². The predicted molar refractivity (Wildman–Crippen MR) is 89.0 cm³/mol. The van der Waals surface area contributed by atoms with E-state index in [1.165, 1.54) is 58.3 Å². The summed E-state index contributed by atoms with van der Waals surface area (Å²) in [6, 6.07) is 0. The Hall–Kier alpha value is -0.530. The molecule has 2 nitrogen and oxygen atoms in total. The Morgan fingerprint density at radius 2 is 1.35 bits per heavy atom. The molecule has 0 aliphatic rings. The van der Waals surface area contributed by atoms with Crippen LogP contribution in [0.4, 0.5) is 0 Å². The van der Waals surface area contributed by atoms with Gasteiger partial charge in [0.2, 0.25) is 0 Å². The van der Waals surface area contributed by atoms with E-state index in [0.29, 0.717) is 6.61 Å². The molecule has 0 rings (SSSR count). The monoisotopic (exact) mass is 286 g/mol. The second-order valence-corrected chi connectivity index (χ2v) is 6.00. The van der Waals surface area contributed by atoms with Crippen LogP contribution in [0.1, 0.15) is 98.8 Å². The molecule has 0 aromatic rings. The Bertz CT molecular complexity index is 188. The zero-order valence-corrected chi connectivity index (χ0v) is 14.7. The van der Waals surface area contributed by atoms with Crippen molar-refractivity contribution in [1.82, 2.24) is 0 Å². The first-order chi connectivity index (χ1) is 9.54. The smallest absolute Gasteiger partial charge is 0.302 e. The van der Waals surface area contributed by atoms with Gasteiger partial charge < -0.3 is 4.74 Å². The Kier molecular flexibility index (Phi) is 20.1. The first-order valence-electron chi connectivity index (χ1n) is 8.67. The standard InChI is InChI=1S/C12H26.C6H12O2/c1-4-5-6-7-8-9-10-11-12(2)3;1-3-4-5-8-6(2)7/h12H,4-11H2,1-3H3;3-5H2,1-2H3. The highest BCUT2D eigenvalue weighted by Crippen LogP contribution is 2.11. The Morgan fingerprint density at radius 3 is 1.80 bits per heavy atom. The first kappa shape index (κ1) is 21.8. The van der Waals surface area contributed by atoms with Gasteiger partial charge in [-0.2, -0.15) is 0 Å². The van der Waals surface area contributed by atoms with E-state index in [4.69, 9.17) is 0 Å². The molecule has 20 heavy (non-hydrogen) atoms. The minimum absolute atomic E-state index is 0.182. The molecule has 0 aromatic heterocycles. The highest BCUT2D eigenvalue weighted by Gasteiger charge is 1.94. The highest BCUT2D eigenvalue weighted by atomic mass is 16.5. The van der Waals surface area contributed by atoms with Crippen LogP contribution in [-0.4, -0.2) is 12.6 Å². The predicted octanol–water partition coefficient (Wildman–Crippen LogP) is 6.13. The van der Waals surface area contributed by atoms with Crippen LogP contribution in [0.25, 0.3) is 0 Å². The maximum absolute atomic E-state index is 10.1. The molecule has 0 saturated heterocycles. The van der Waals surface area contributed by atoms with E-state index in [9.17, 15) is 4.79 Å². The summed E-state index contributed by atoms with van der Waals surface area (Å²) in [5.41, 5.74) is 0. The van der Waals surface area contributed by atoms with Gasteiger partial charge in [-0.1, -0.05) is 85.5 Å². The number of hydrogen-bond donors (Lipinski definition) is 0. The third-order valence-corrected chi connectivity index (χ3v) is 3.19. The normalized spacial score (nSPS) is 10.1. The second kappa shape index (κ2) is 18.5. The quantitative estimate of drug-likeness (QED) is 0.337. The zero-order valence-electron chi connectivity index (χ0n) is 14.7. The van der Waals surface area contributed by atoms with Gasteiger partial charge in [-0.3, -0.25) is 4.79 Å². The van der Waals surface area contributed by atoms with E-state index in [-0.39, 0.29) is 5.97 Å². The van der Waals surface area contributed by atoms with Crippen molar-refractivity contribution < 1.29 is 9.53 Å². The fourth-order valence-corrected chi connectivity index (χ4v) is 1.87. The summed E-state index contributed by atoms with van der Waals surface area (Å²) in [7, 11) is 0. The highest BCUT2D eigenvalue weighted by molar-refractivity contribution is 5.65. The summed E-state index contributed by atoms with van der Waals surface area (Å²) in [4.78, 5) is 10.1. The summed E-state index contributed by atoms with van der Waals surface area (Å²) in [5, 5.41) is 0. The van der Waals surface area contributed by atoms with Crippen molar-refractivity contribution in [3.63, 3.8) is 0 Å². The number of esters is 1. The lowest BCUT2D eigenvalue weighted by Gasteiger charge is -2.03. The van der Waals surface area contributed by atoms with Crippen LogP contribution in [0.2, 0.25) is 0 Å². The van der Waals surface area contributed by atoms with E-state index in [0.717, 1.165) is 18.8 Å². The lowest BCUT2D eigenvalue weighted by Crippen LogP contribution is -1.99. The molecule has 0 unspecified atom stereocenters. The number of hydrogen-bond acceptors (Lipinski definition) is 2. The molecule has 0 amide bonds. The van der Waals surface area contributed by atoms with Gasteiger partial charge in [-0.25, -0.2) is 0 Å². The number of carbonyl (C=O) groups excluding carboxylic acids is 1. The lowest BCUT2D eigenvalue weighted by atomic mass is 10.0. The molecule has 0 atom stereocenters. The molecule has 122 valence electrons. The molecule has 0 aliphatic heterocycles. The maximum atomic E-state index is 10.1. The molecular formula is C18H38O2. The summed E-state index contributed by atoms with van der Waals surface area (Å²) in [6.45, 7) is 11.0. The van der Waals surface area contributed by atoms with E-state index in [1.54, 1.807) is 0 Å². The molecule has 0 bridgehead atoms. The summed E-state index contributed by atoms with van der Waals surface area (Å²) in [6.07, 6.45) is 13.6. The molecular weight excluding hydrogens is 248 g/mol. The lowest BCUT2D eigenvalue weighted by molar-refractivity contribution is -0.141. The van der Waals surface area contributed by atoms with E-state index in [2.05, 4.69) is 32.4 Å². The van der Waals surface area contributed by atoms with Crippen LogP contribution < -0.4 is 0 Å². The van der Waals surface area contributed by atoms with E-state index < -0.39 is 0 Å². The fraction of sp³-hybridized carbons (Fsp3) is 0.944. The van der Waals surface area contributed by atoms with Crippen molar-refractivity contribution in [3.8, 4) is 0 Å². The number of unbranched alkanes of at least 4 members (excludes halogenated alkanes) is 7. The summed E-state index contributed by atoms with van der Waals surface area (Å²) >= 11 is 0. The van der Waals surface area contributed by atoms with Gasteiger partial charge in [-0.05, 0) is 12.3 Å². The SMILES string of the molecule is CCCCCCCCCC(C)C.CCCCOC(C)=O. The first-order valence-corrected chi connectivity index (χ1v) is 8.67. The molecule has 0 aromatic carbocycles. The maximum Gasteiger partial charge on any atom is 0.302 e. The van der Waals surface area contributed by atoms with Crippen molar-refractivity contribution in [2.45, 2.75) is 98.8 Å². The Balaban J connectivity index is 0. The second-order valence-electron chi connectivity index (χ2n) is 6.00. The van der Waals surface area contributed by atoms with Crippen LogP contribution in [-0.2, 0) is 9.53 Å². The van der Waals surface area contributed by atoms with Crippen LogP contribution >= 0.6 is 0 Å². The van der Waals surface area contributed by atoms with Gasteiger partial charge in [0.15, 0.2) is 0 Å². The topological polar surface area (TPSA) is 26.3 Å². The number of rotatable bonds is 11. The third-order valence-electron chi connectivity index (χ3n) is 3.19. The molecule has 0 heterocycles. The minimum atomic E-state index is -0.182. The van der Waals surface area contributed by atoms with Gasteiger partial charge in [0.1, 0.15) is 0 Å². The van der Waals surface area contributed by atoms with Crippen LogP contribution in [0.3, 0.4) is 0 Å². The van der Waals surface area contributed by atoms with Gasteiger partial charge >= 0.3 is 5.97 Å². The van der Waals surface area contributed by atoms with Crippen LogP contribution in [0, 0.1) is 5.92 Å². The molecule has 0 radical (unpaired) electrons. The number of carbonyl (C=O) groups is 1.